The molecule has 2 bridgehead atoms. The highest BCUT2D eigenvalue weighted by atomic mass is 16.6. The molecule has 2 saturated heterocycles. The van der Waals surface area contributed by atoms with E-state index in [9.17, 15) is 20.2 Å². The van der Waals surface area contributed by atoms with Crippen LogP contribution in [0.3, 0.4) is 0 Å². The molecule has 3 aromatic rings. The molecule has 0 radical (unpaired) electrons. The first-order chi connectivity index (χ1) is 15.5. The summed E-state index contributed by atoms with van der Waals surface area (Å²) in [6.07, 6.45) is 3.36. The van der Waals surface area contributed by atoms with E-state index >= 15 is 0 Å². The van der Waals surface area contributed by atoms with Crippen molar-refractivity contribution in [2.24, 2.45) is 0 Å². The molecule has 3 atom stereocenters. The first kappa shape index (κ1) is 20.0. The lowest BCUT2D eigenvalue weighted by Gasteiger charge is -2.40. The van der Waals surface area contributed by atoms with E-state index in [2.05, 4.69) is 17.0 Å². The van der Waals surface area contributed by atoms with Gasteiger partial charge in [0, 0.05) is 53.5 Å². The molecule has 2 aliphatic rings. The molecule has 7 heteroatoms. The van der Waals surface area contributed by atoms with E-state index in [0.29, 0.717) is 11.1 Å². The van der Waals surface area contributed by atoms with E-state index in [1.807, 2.05) is 30.3 Å². The van der Waals surface area contributed by atoms with E-state index < -0.39 is 10.9 Å². The van der Waals surface area contributed by atoms with Gasteiger partial charge in [-0.25, -0.2) is 4.79 Å². The predicted octanol–water partition coefficient (Wildman–Crippen LogP) is 4.98. The van der Waals surface area contributed by atoms with Gasteiger partial charge in [-0.2, -0.15) is 5.26 Å². The van der Waals surface area contributed by atoms with E-state index in [0.717, 1.165) is 42.1 Å². The molecule has 3 aromatic carbocycles. The van der Waals surface area contributed by atoms with Crippen LogP contribution in [0.2, 0.25) is 0 Å². The van der Waals surface area contributed by atoms with Gasteiger partial charge >= 0.3 is 5.97 Å². The Morgan fingerprint density at radius 2 is 1.66 bits per heavy atom. The highest BCUT2D eigenvalue weighted by Gasteiger charge is 2.42. The van der Waals surface area contributed by atoms with Crippen molar-refractivity contribution in [3.63, 3.8) is 0 Å². The molecule has 5 rings (SSSR count). The summed E-state index contributed by atoms with van der Waals surface area (Å²) in [6.45, 7) is 0. The number of ether oxygens (including phenoxy) is 1. The Balaban J connectivity index is 1.34. The number of nitro benzene ring substituents is 1. The fraction of sp³-hybridized carbons (Fsp3) is 0.280. The first-order valence-electron chi connectivity index (χ1n) is 10.7. The fourth-order valence-electron chi connectivity index (χ4n) is 5.16. The molecule has 2 fully saturated rings. The Hall–Kier alpha value is -3.92. The van der Waals surface area contributed by atoms with Gasteiger partial charge in [0.15, 0.2) is 0 Å². The third kappa shape index (κ3) is 3.44. The van der Waals surface area contributed by atoms with Crippen LogP contribution in [0.1, 0.15) is 41.6 Å². The van der Waals surface area contributed by atoms with E-state index in [1.165, 1.54) is 24.3 Å². The molecule has 32 heavy (non-hydrogen) atoms. The molecule has 0 N–H and O–H groups in total. The Kier molecular flexibility index (Phi) is 4.98. The third-order valence-corrected chi connectivity index (χ3v) is 6.58. The number of carbonyl (C=O) groups is 1. The van der Waals surface area contributed by atoms with Crippen LogP contribution in [0.15, 0.2) is 60.7 Å². The SMILES string of the molecule is N#Cc1ccc(N2[C@@H]3CC[C@H]2CC(OC(=O)c2ccc([N+](=O)[O-])cc2)C3)c2ccccc12. The number of carbonyl (C=O) groups excluding carboxylic acids is 1. The summed E-state index contributed by atoms with van der Waals surface area (Å²) >= 11 is 0. The number of nitrogens with zero attached hydrogens (tertiary/aromatic N) is 3. The summed E-state index contributed by atoms with van der Waals surface area (Å²) in [4.78, 5) is 25.4. The number of nitro groups is 1. The number of non-ortho nitro benzene ring substituents is 1. The zero-order valence-corrected chi connectivity index (χ0v) is 17.3. The third-order valence-electron chi connectivity index (χ3n) is 6.58. The molecular weight excluding hydrogens is 406 g/mol. The molecule has 1 unspecified atom stereocenters. The van der Waals surface area contributed by atoms with Crippen LogP contribution in [-0.2, 0) is 4.74 Å². The van der Waals surface area contributed by atoms with Gasteiger partial charge in [0.25, 0.3) is 5.69 Å². The molecule has 7 nitrogen and oxygen atoms in total. The number of anilines is 1. The van der Waals surface area contributed by atoms with Crippen LogP contribution in [0, 0.1) is 21.4 Å². The average molecular weight is 427 g/mol. The minimum Gasteiger partial charge on any atom is -0.459 e. The summed E-state index contributed by atoms with van der Waals surface area (Å²) in [5.74, 6) is -0.443. The maximum absolute atomic E-state index is 12.6. The molecule has 2 aliphatic heterocycles. The smallest absolute Gasteiger partial charge is 0.338 e. The van der Waals surface area contributed by atoms with Crippen molar-refractivity contribution < 1.29 is 14.5 Å². The number of nitriles is 1. The largest absolute Gasteiger partial charge is 0.459 e. The van der Waals surface area contributed by atoms with Crippen molar-refractivity contribution in [1.82, 2.24) is 0 Å². The predicted molar refractivity (Wildman–Crippen MR) is 119 cm³/mol. The van der Waals surface area contributed by atoms with Crippen molar-refractivity contribution in [2.75, 3.05) is 4.90 Å². The minimum atomic E-state index is -0.491. The van der Waals surface area contributed by atoms with E-state index in [4.69, 9.17) is 4.74 Å². The highest BCUT2D eigenvalue weighted by Crippen LogP contribution is 2.43. The number of piperidine rings is 1. The van der Waals surface area contributed by atoms with E-state index in [1.54, 1.807) is 0 Å². The normalized spacial score (nSPS) is 21.8. The second kappa shape index (κ2) is 7.97. The van der Waals surface area contributed by atoms with Gasteiger partial charge in [0.05, 0.1) is 22.1 Å². The monoisotopic (exact) mass is 427 g/mol. The van der Waals surface area contributed by atoms with Gasteiger partial charge in [-0.15, -0.1) is 0 Å². The average Bonchev–Trinajstić information content (AvgIpc) is 3.07. The molecule has 160 valence electrons. The molecule has 2 heterocycles. The Morgan fingerprint density at radius 1 is 1.00 bits per heavy atom. The maximum atomic E-state index is 12.6. The Morgan fingerprint density at radius 3 is 2.28 bits per heavy atom. The number of esters is 1. The maximum Gasteiger partial charge on any atom is 0.338 e. The van der Waals surface area contributed by atoms with Gasteiger partial charge < -0.3 is 9.64 Å². The van der Waals surface area contributed by atoms with Crippen LogP contribution >= 0.6 is 0 Å². The summed E-state index contributed by atoms with van der Waals surface area (Å²) in [5.41, 5.74) is 2.07. The first-order valence-corrected chi connectivity index (χ1v) is 10.7. The lowest BCUT2D eigenvalue weighted by molar-refractivity contribution is -0.384. The van der Waals surface area contributed by atoms with Crippen molar-refractivity contribution in [2.45, 2.75) is 43.9 Å². The molecule has 0 aliphatic carbocycles. The Bertz CT molecular complexity index is 1230. The summed E-state index contributed by atoms with van der Waals surface area (Å²) in [5, 5.41) is 22.3. The molecule has 0 aromatic heterocycles. The lowest BCUT2D eigenvalue weighted by Crippen LogP contribution is -2.46. The highest BCUT2D eigenvalue weighted by molar-refractivity contribution is 5.98. The zero-order chi connectivity index (χ0) is 22.2. The standard InChI is InChI=1S/C25H21N3O4/c26-15-17-7-12-24(23-4-2-1-3-22(17)23)27-19-10-11-20(27)14-21(13-19)32-25(29)16-5-8-18(9-6-16)28(30)31/h1-9,12,19-21H,10-11,13-14H2/t19-,20+,21?. The van der Waals surface area contributed by atoms with E-state index in [-0.39, 0.29) is 23.9 Å². The second-order valence-electron chi connectivity index (χ2n) is 8.38. The minimum absolute atomic E-state index is 0.0532. The van der Waals surface area contributed by atoms with Crippen LogP contribution in [0.5, 0.6) is 0 Å². The van der Waals surface area contributed by atoms with Gasteiger partial charge in [-0.1, -0.05) is 24.3 Å². The van der Waals surface area contributed by atoms with Gasteiger partial charge in [0.2, 0.25) is 0 Å². The lowest BCUT2D eigenvalue weighted by atomic mass is 9.96. The van der Waals surface area contributed by atoms with Crippen molar-refractivity contribution in [3.8, 4) is 6.07 Å². The molecule has 0 spiro atoms. The Labute approximate surface area is 185 Å². The topological polar surface area (TPSA) is 96.5 Å². The van der Waals surface area contributed by atoms with Crippen molar-refractivity contribution in [3.05, 3.63) is 81.9 Å². The summed E-state index contributed by atoms with van der Waals surface area (Å²) in [7, 11) is 0. The van der Waals surface area contributed by atoms with Gasteiger partial charge in [-0.3, -0.25) is 10.1 Å². The van der Waals surface area contributed by atoms with Crippen molar-refractivity contribution in [1.29, 1.82) is 5.26 Å². The van der Waals surface area contributed by atoms with Gasteiger partial charge in [0.1, 0.15) is 6.10 Å². The zero-order valence-electron chi connectivity index (χ0n) is 17.3. The number of fused-ring (bicyclic) bond motifs is 3. The molecule has 0 saturated carbocycles. The van der Waals surface area contributed by atoms with Crippen LogP contribution in [0.25, 0.3) is 10.8 Å². The number of rotatable bonds is 4. The van der Waals surface area contributed by atoms with Crippen LogP contribution < -0.4 is 4.90 Å². The molecule has 0 amide bonds. The summed E-state index contributed by atoms with van der Waals surface area (Å²) < 4.78 is 5.79. The molecular formula is C25H21N3O4. The number of hydrogen-bond donors (Lipinski definition) is 0. The van der Waals surface area contributed by atoms with Crippen LogP contribution in [0.4, 0.5) is 11.4 Å². The summed E-state index contributed by atoms with van der Waals surface area (Å²) in [6, 6.07) is 20.2. The number of hydrogen-bond acceptors (Lipinski definition) is 6. The van der Waals surface area contributed by atoms with Gasteiger partial charge in [-0.05, 0) is 37.1 Å². The fourth-order valence-corrected chi connectivity index (χ4v) is 5.16. The van der Waals surface area contributed by atoms with Crippen LogP contribution in [-0.4, -0.2) is 29.1 Å². The quantitative estimate of drug-likeness (QED) is 0.331. The van der Waals surface area contributed by atoms with Crippen molar-refractivity contribution >= 4 is 28.1 Å². The number of benzene rings is 3. The second-order valence-corrected chi connectivity index (χ2v) is 8.38.